The minimum absolute atomic E-state index is 0.0602. The monoisotopic (exact) mass is 320 g/mol. The number of anilines is 1. The van der Waals surface area contributed by atoms with E-state index < -0.39 is 12.0 Å². The molecule has 9 heteroatoms. The molecular weight excluding hydrogens is 311 g/mol. The van der Waals surface area contributed by atoms with Gasteiger partial charge in [-0.15, -0.1) is 0 Å². The maximum atomic E-state index is 11.5. The smallest absolute Gasteiger partial charge is 0.329 e. The topological polar surface area (TPSA) is 89.1 Å². The third kappa shape index (κ3) is 2.74. The summed E-state index contributed by atoms with van der Waals surface area (Å²) in [6.07, 6.45) is 0. The maximum Gasteiger partial charge on any atom is 0.329 e. The minimum Gasteiger partial charge on any atom is -0.467 e. The van der Waals surface area contributed by atoms with Crippen molar-refractivity contribution < 1.29 is 9.53 Å². The van der Waals surface area contributed by atoms with Crippen LogP contribution in [-0.2, 0) is 20.9 Å². The number of carbonyl (C=O) groups is 1. The zero-order valence-corrected chi connectivity index (χ0v) is 12.1. The van der Waals surface area contributed by atoms with Crippen molar-refractivity contribution in [2.75, 3.05) is 19.0 Å². The largest absolute Gasteiger partial charge is 0.467 e. The normalized spacial score (nSPS) is 13.7. The fourth-order valence-electron chi connectivity index (χ4n) is 1.54. The van der Waals surface area contributed by atoms with E-state index in [0.717, 1.165) is 11.4 Å². The number of rotatable bonds is 4. The van der Waals surface area contributed by atoms with Crippen LogP contribution in [0, 0.1) is 0 Å². The number of halogens is 2. The van der Waals surface area contributed by atoms with E-state index in [-0.39, 0.29) is 6.54 Å². The first-order valence-corrected chi connectivity index (χ1v) is 6.71. The number of hydrogen-bond acceptors (Lipinski definition) is 6. The zero-order chi connectivity index (χ0) is 14.0. The van der Waals surface area contributed by atoms with Crippen LogP contribution >= 0.6 is 23.2 Å². The second-order valence-corrected chi connectivity index (χ2v) is 4.98. The van der Waals surface area contributed by atoms with Crippen LogP contribution < -0.4 is 11.1 Å². The van der Waals surface area contributed by atoms with Crippen molar-refractivity contribution >= 4 is 57.6 Å². The lowest BCUT2D eigenvalue weighted by atomic mass is 10.2. The molecule has 0 bridgehead atoms. The molecule has 0 saturated carbocycles. The molecule has 1 aromatic carbocycles. The summed E-state index contributed by atoms with van der Waals surface area (Å²) in [4.78, 5) is 11.5. The average molecular weight is 321 g/mol. The second-order valence-electron chi connectivity index (χ2n) is 3.63. The highest BCUT2D eigenvalue weighted by molar-refractivity contribution is 7.58. The molecule has 1 atom stereocenters. The van der Waals surface area contributed by atoms with Gasteiger partial charge in [-0.3, -0.25) is 0 Å². The number of methoxy groups -OCH3 is 1. The highest BCUT2D eigenvalue weighted by Gasteiger charge is 2.24. The number of nitrogens with two attached hydrogens (primary N) is 1. The summed E-state index contributed by atoms with van der Waals surface area (Å²) in [6.45, 7) is 0.0602. The molecule has 6 nitrogen and oxygen atoms in total. The highest BCUT2D eigenvalue weighted by Crippen LogP contribution is 2.47. The van der Waals surface area contributed by atoms with Crippen molar-refractivity contribution in [2.24, 2.45) is 14.5 Å². The van der Waals surface area contributed by atoms with Gasteiger partial charge in [-0.05, 0) is 6.07 Å². The third-order valence-electron chi connectivity index (χ3n) is 2.48. The van der Waals surface area contributed by atoms with Gasteiger partial charge >= 0.3 is 5.97 Å². The molecule has 102 valence electrons. The lowest BCUT2D eigenvalue weighted by Gasteiger charge is -2.18. The maximum absolute atomic E-state index is 11.5. The molecule has 0 saturated heterocycles. The molecule has 0 aromatic heterocycles. The summed E-state index contributed by atoms with van der Waals surface area (Å²) in [7, 11) is 1.29. The lowest BCUT2D eigenvalue weighted by molar-refractivity contribution is -0.141. The number of nitrogens with one attached hydrogen (secondary N) is 1. The van der Waals surface area contributed by atoms with E-state index in [1.165, 1.54) is 7.11 Å². The van der Waals surface area contributed by atoms with Gasteiger partial charge < -0.3 is 15.8 Å². The fraction of sp³-hybridized carbons (Fsp3) is 0.300. The predicted molar refractivity (Wildman–Crippen MR) is 76.5 cm³/mol. The van der Waals surface area contributed by atoms with E-state index >= 15 is 0 Å². The number of nitrogens with zero attached hydrogens (tertiary/aromatic N) is 2. The number of hydrogen-bond donors (Lipinski definition) is 2. The Kier molecular flexibility index (Phi) is 4.41. The van der Waals surface area contributed by atoms with Crippen LogP contribution in [0.1, 0.15) is 0 Å². The van der Waals surface area contributed by atoms with Crippen molar-refractivity contribution in [3.05, 3.63) is 16.1 Å². The summed E-state index contributed by atoms with van der Waals surface area (Å²) in [5.41, 5.74) is 7.03. The van der Waals surface area contributed by atoms with Gasteiger partial charge in [0, 0.05) is 6.54 Å². The second kappa shape index (κ2) is 5.87. The first-order valence-electron chi connectivity index (χ1n) is 5.23. The van der Waals surface area contributed by atoms with E-state index in [4.69, 9.17) is 28.9 Å². The molecular formula is C10H10Cl2N4O2S. The summed E-state index contributed by atoms with van der Waals surface area (Å²) in [5.74, 6) is -0.482. The molecule has 0 radical (unpaired) electrons. The molecule has 1 unspecified atom stereocenters. The van der Waals surface area contributed by atoms with Crippen LogP contribution in [0.3, 0.4) is 0 Å². The molecule has 19 heavy (non-hydrogen) atoms. The summed E-state index contributed by atoms with van der Waals surface area (Å²) >= 11 is 13.1. The van der Waals surface area contributed by atoms with Gasteiger partial charge in [0.05, 0.1) is 34.2 Å². The number of carbonyl (C=O) groups excluding carboxylic acids is 1. The van der Waals surface area contributed by atoms with Gasteiger partial charge in [-0.25, -0.2) is 4.79 Å². The third-order valence-corrected chi connectivity index (χ3v) is 3.60. The predicted octanol–water partition coefficient (Wildman–Crippen LogP) is 2.63. The van der Waals surface area contributed by atoms with E-state index in [1.807, 2.05) is 0 Å². The van der Waals surface area contributed by atoms with Crippen LogP contribution in [-0.4, -0.2) is 25.7 Å². The van der Waals surface area contributed by atoms with Gasteiger partial charge in [0.2, 0.25) is 0 Å². The summed E-state index contributed by atoms with van der Waals surface area (Å²) in [5, 5.41) is 3.66. The van der Waals surface area contributed by atoms with E-state index in [2.05, 4.69) is 18.8 Å². The molecule has 1 aromatic rings. The first kappa shape index (κ1) is 14.3. The van der Waals surface area contributed by atoms with Crippen LogP contribution in [0.2, 0.25) is 10.0 Å². The minimum atomic E-state index is -0.714. The summed E-state index contributed by atoms with van der Waals surface area (Å²) < 4.78 is 12.8. The molecule has 0 amide bonds. The Morgan fingerprint density at radius 3 is 2.79 bits per heavy atom. The Hall–Kier alpha value is -1.15. The standard InChI is InChI=1S/C10H10Cl2N4O2S/c1-18-10(17)6(3-13)14-7-4(11)2-5(12)8-9(7)16-19-15-8/h2,6,14H,3,13H2,1H3. The molecule has 1 heterocycles. The first-order chi connectivity index (χ1) is 9.08. The Labute approximate surface area is 123 Å². The molecule has 1 aliphatic rings. The average Bonchev–Trinajstić information content (AvgIpc) is 2.87. The SMILES string of the molecule is COC(=O)C(CN)Nc1c(Cl)cc(Cl)c2c1N=S=N2. The Morgan fingerprint density at radius 1 is 1.47 bits per heavy atom. The molecule has 3 N–H and O–H groups in total. The van der Waals surface area contributed by atoms with E-state index in [9.17, 15) is 4.79 Å². The number of fused-ring (bicyclic) bond motifs is 1. The fourth-order valence-corrected chi connectivity index (χ4v) is 2.71. The van der Waals surface area contributed by atoms with Crippen LogP contribution in [0.4, 0.5) is 17.1 Å². The van der Waals surface area contributed by atoms with Gasteiger partial charge in [-0.1, -0.05) is 23.2 Å². The molecule has 2 rings (SSSR count). The zero-order valence-electron chi connectivity index (χ0n) is 9.81. The Bertz CT molecular complexity index is 602. The molecule has 0 spiro atoms. The van der Waals surface area contributed by atoms with Crippen molar-refractivity contribution in [3.8, 4) is 0 Å². The van der Waals surface area contributed by atoms with Crippen LogP contribution in [0.25, 0.3) is 0 Å². The summed E-state index contributed by atoms with van der Waals surface area (Å²) in [6, 6.07) is 0.827. The lowest BCUT2D eigenvalue weighted by Crippen LogP contribution is -2.37. The van der Waals surface area contributed by atoms with Crippen LogP contribution in [0.15, 0.2) is 14.8 Å². The van der Waals surface area contributed by atoms with Crippen LogP contribution in [0.5, 0.6) is 0 Å². The Morgan fingerprint density at radius 2 is 2.16 bits per heavy atom. The van der Waals surface area contributed by atoms with Gasteiger partial charge in [0.25, 0.3) is 0 Å². The van der Waals surface area contributed by atoms with Gasteiger partial charge in [0.15, 0.2) is 0 Å². The molecule has 0 fully saturated rings. The molecule has 0 aliphatic carbocycles. The van der Waals surface area contributed by atoms with Crippen molar-refractivity contribution in [1.82, 2.24) is 0 Å². The highest BCUT2D eigenvalue weighted by atomic mass is 35.5. The van der Waals surface area contributed by atoms with Crippen molar-refractivity contribution in [3.63, 3.8) is 0 Å². The Balaban J connectivity index is 2.39. The number of benzene rings is 1. The van der Waals surface area contributed by atoms with Crippen molar-refractivity contribution in [2.45, 2.75) is 6.04 Å². The molecule has 1 aliphatic heterocycles. The number of esters is 1. The van der Waals surface area contributed by atoms with Crippen molar-refractivity contribution in [1.29, 1.82) is 0 Å². The van der Waals surface area contributed by atoms with E-state index in [0.29, 0.717) is 27.1 Å². The van der Waals surface area contributed by atoms with E-state index in [1.54, 1.807) is 6.07 Å². The quantitative estimate of drug-likeness (QED) is 0.847. The van der Waals surface area contributed by atoms with Gasteiger partial charge in [0.1, 0.15) is 17.4 Å². The van der Waals surface area contributed by atoms with Gasteiger partial charge in [-0.2, -0.15) is 8.73 Å². The number of ether oxygens (including phenoxy) is 1.